The first kappa shape index (κ1) is 17.3. The van der Waals surface area contributed by atoms with E-state index in [-0.39, 0.29) is 18.9 Å². The molecule has 2 unspecified atom stereocenters. The number of halogens is 2. The number of aliphatic hydroxyl groups is 1. The lowest BCUT2D eigenvalue weighted by atomic mass is 9.68. The van der Waals surface area contributed by atoms with Gasteiger partial charge in [0.25, 0.3) is 6.43 Å². The van der Waals surface area contributed by atoms with Crippen molar-refractivity contribution in [3.8, 4) is 0 Å². The summed E-state index contributed by atoms with van der Waals surface area (Å²) in [6.45, 7) is 3.47. The van der Waals surface area contributed by atoms with Crippen molar-refractivity contribution in [3.63, 3.8) is 0 Å². The first-order valence-corrected chi connectivity index (χ1v) is 7.64. The Balaban J connectivity index is 3.01. The van der Waals surface area contributed by atoms with Crippen molar-refractivity contribution >= 4 is 5.97 Å². The van der Waals surface area contributed by atoms with E-state index in [4.69, 9.17) is 4.74 Å². The predicted molar refractivity (Wildman–Crippen MR) is 72.6 cm³/mol. The van der Waals surface area contributed by atoms with Crippen LogP contribution >= 0.6 is 0 Å². The molecule has 118 valence electrons. The molecule has 20 heavy (non-hydrogen) atoms. The smallest absolute Gasteiger partial charge is 0.317 e. The summed E-state index contributed by atoms with van der Waals surface area (Å²) in [4.78, 5) is 11.9. The first-order valence-electron chi connectivity index (χ1n) is 7.64. The van der Waals surface area contributed by atoms with E-state index in [0.29, 0.717) is 19.3 Å². The van der Waals surface area contributed by atoms with E-state index in [1.54, 1.807) is 6.92 Å². The summed E-state index contributed by atoms with van der Waals surface area (Å²) in [6.07, 6.45) is 2.22. The summed E-state index contributed by atoms with van der Waals surface area (Å²) in [5, 5.41) is 10.9. The van der Waals surface area contributed by atoms with Crippen molar-refractivity contribution in [1.29, 1.82) is 0 Å². The van der Waals surface area contributed by atoms with Gasteiger partial charge >= 0.3 is 5.97 Å². The molecule has 5 heteroatoms. The largest absolute Gasteiger partial charge is 0.466 e. The summed E-state index contributed by atoms with van der Waals surface area (Å²) in [5.74, 6) is -2.94. The van der Waals surface area contributed by atoms with Gasteiger partial charge in [-0.25, -0.2) is 8.78 Å². The molecular formula is C15H26F2O3. The molecule has 0 amide bonds. The SMILES string of the molecule is CCCC(O)(C1CCCCC1)C(C(=O)OCC)C(F)F. The van der Waals surface area contributed by atoms with E-state index >= 15 is 0 Å². The van der Waals surface area contributed by atoms with Crippen molar-refractivity contribution in [2.24, 2.45) is 11.8 Å². The summed E-state index contributed by atoms with van der Waals surface area (Å²) < 4.78 is 31.5. The maximum atomic E-state index is 13.4. The lowest BCUT2D eigenvalue weighted by molar-refractivity contribution is -0.181. The molecule has 0 heterocycles. The molecule has 0 saturated heterocycles. The summed E-state index contributed by atoms with van der Waals surface area (Å²) in [7, 11) is 0. The van der Waals surface area contributed by atoms with Crippen LogP contribution in [-0.2, 0) is 9.53 Å². The minimum absolute atomic E-state index is 0.0505. The van der Waals surface area contributed by atoms with Crippen LogP contribution in [0.1, 0.15) is 58.8 Å². The van der Waals surface area contributed by atoms with Gasteiger partial charge in [-0.1, -0.05) is 32.6 Å². The minimum atomic E-state index is -2.90. The number of hydrogen-bond acceptors (Lipinski definition) is 3. The van der Waals surface area contributed by atoms with Crippen LogP contribution < -0.4 is 0 Å². The molecule has 0 aliphatic heterocycles. The Morgan fingerprint density at radius 2 is 1.90 bits per heavy atom. The standard InChI is InChI=1S/C15H26F2O3/c1-3-10-15(19,11-8-6-5-7-9-11)12(13(16)17)14(18)20-4-2/h11-13,19H,3-10H2,1-2H3. The van der Waals surface area contributed by atoms with Crippen molar-refractivity contribution in [2.45, 2.75) is 70.8 Å². The molecule has 1 N–H and O–H groups in total. The second-order valence-electron chi connectivity index (χ2n) is 5.64. The van der Waals surface area contributed by atoms with E-state index in [0.717, 1.165) is 19.3 Å². The molecule has 1 fully saturated rings. The van der Waals surface area contributed by atoms with Crippen LogP contribution in [0, 0.1) is 11.8 Å². The van der Waals surface area contributed by atoms with Crippen molar-refractivity contribution in [3.05, 3.63) is 0 Å². The zero-order chi connectivity index (χ0) is 15.2. The van der Waals surface area contributed by atoms with E-state index in [2.05, 4.69) is 0 Å². The number of carbonyl (C=O) groups is 1. The topological polar surface area (TPSA) is 46.5 Å². The van der Waals surface area contributed by atoms with Gasteiger partial charge in [0.15, 0.2) is 0 Å². The van der Waals surface area contributed by atoms with Gasteiger partial charge in [0.05, 0.1) is 12.2 Å². The number of hydrogen-bond donors (Lipinski definition) is 1. The molecule has 0 radical (unpaired) electrons. The number of carbonyl (C=O) groups excluding carboxylic acids is 1. The zero-order valence-electron chi connectivity index (χ0n) is 12.4. The fraction of sp³-hybridized carbons (Fsp3) is 0.933. The molecule has 3 nitrogen and oxygen atoms in total. The van der Waals surface area contributed by atoms with Crippen molar-refractivity contribution in [1.82, 2.24) is 0 Å². The third-order valence-electron chi connectivity index (χ3n) is 4.29. The zero-order valence-corrected chi connectivity index (χ0v) is 12.4. The van der Waals surface area contributed by atoms with E-state index in [9.17, 15) is 18.7 Å². The second-order valence-corrected chi connectivity index (χ2v) is 5.64. The molecule has 0 aromatic rings. The van der Waals surface area contributed by atoms with Gasteiger partial charge in [-0.15, -0.1) is 0 Å². The van der Waals surface area contributed by atoms with Crippen molar-refractivity contribution < 1.29 is 23.4 Å². The van der Waals surface area contributed by atoms with E-state index in [1.807, 2.05) is 6.92 Å². The van der Waals surface area contributed by atoms with Crippen LogP contribution in [0.5, 0.6) is 0 Å². The van der Waals surface area contributed by atoms with Gasteiger partial charge in [0, 0.05) is 0 Å². The fourth-order valence-corrected chi connectivity index (χ4v) is 3.37. The molecule has 2 atom stereocenters. The third-order valence-corrected chi connectivity index (χ3v) is 4.29. The van der Waals surface area contributed by atoms with E-state index < -0.39 is 23.9 Å². The second kappa shape index (κ2) is 7.91. The number of esters is 1. The Kier molecular flexibility index (Phi) is 6.86. The molecule has 0 spiro atoms. The summed E-state index contributed by atoms with van der Waals surface area (Å²) >= 11 is 0. The van der Waals surface area contributed by atoms with Crippen LogP contribution in [0.25, 0.3) is 0 Å². The predicted octanol–water partition coefficient (Wildman–Crippen LogP) is 3.54. The van der Waals surface area contributed by atoms with Gasteiger partial charge < -0.3 is 9.84 Å². The highest BCUT2D eigenvalue weighted by molar-refractivity contribution is 5.74. The first-order chi connectivity index (χ1) is 9.47. The fourth-order valence-electron chi connectivity index (χ4n) is 3.37. The molecular weight excluding hydrogens is 266 g/mol. The molecule has 0 aromatic carbocycles. The van der Waals surface area contributed by atoms with Crippen LogP contribution in [-0.4, -0.2) is 29.7 Å². The van der Waals surface area contributed by atoms with Gasteiger partial charge in [-0.3, -0.25) is 4.79 Å². The monoisotopic (exact) mass is 292 g/mol. The Morgan fingerprint density at radius 3 is 2.35 bits per heavy atom. The molecule has 0 aromatic heterocycles. The molecule has 1 rings (SSSR count). The van der Waals surface area contributed by atoms with Gasteiger partial charge in [-0.05, 0) is 32.1 Å². The van der Waals surface area contributed by atoms with Crippen LogP contribution in [0.15, 0.2) is 0 Å². The van der Waals surface area contributed by atoms with Gasteiger partial charge in [0.2, 0.25) is 0 Å². The van der Waals surface area contributed by atoms with Gasteiger partial charge in [0.1, 0.15) is 5.92 Å². The highest BCUT2D eigenvalue weighted by atomic mass is 19.3. The molecule has 1 saturated carbocycles. The highest BCUT2D eigenvalue weighted by Crippen LogP contribution is 2.42. The molecule has 1 aliphatic rings. The average Bonchev–Trinajstić information content (AvgIpc) is 2.40. The molecule has 1 aliphatic carbocycles. The van der Waals surface area contributed by atoms with Gasteiger partial charge in [-0.2, -0.15) is 0 Å². The Bertz CT molecular complexity index is 303. The lowest BCUT2D eigenvalue weighted by Crippen LogP contribution is -2.52. The normalized spacial score (nSPS) is 21.5. The Hall–Kier alpha value is -0.710. The highest BCUT2D eigenvalue weighted by Gasteiger charge is 2.52. The number of ether oxygens (including phenoxy) is 1. The molecule has 0 bridgehead atoms. The van der Waals surface area contributed by atoms with Crippen LogP contribution in [0.2, 0.25) is 0 Å². The Labute approximate surface area is 119 Å². The Morgan fingerprint density at radius 1 is 1.30 bits per heavy atom. The number of alkyl halides is 2. The summed E-state index contributed by atoms with van der Waals surface area (Å²) in [6, 6.07) is 0. The third kappa shape index (κ3) is 3.90. The average molecular weight is 292 g/mol. The van der Waals surface area contributed by atoms with Crippen LogP contribution in [0.4, 0.5) is 8.78 Å². The maximum Gasteiger partial charge on any atom is 0.317 e. The van der Waals surface area contributed by atoms with Crippen molar-refractivity contribution in [2.75, 3.05) is 6.61 Å². The minimum Gasteiger partial charge on any atom is -0.466 e. The van der Waals surface area contributed by atoms with Crippen LogP contribution in [0.3, 0.4) is 0 Å². The van der Waals surface area contributed by atoms with E-state index in [1.165, 1.54) is 0 Å². The quantitative estimate of drug-likeness (QED) is 0.730. The summed E-state index contributed by atoms with van der Waals surface area (Å²) in [5.41, 5.74) is -1.64. The lowest BCUT2D eigenvalue weighted by Gasteiger charge is -2.42. The maximum absolute atomic E-state index is 13.4. The number of rotatable bonds is 7.